The van der Waals surface area contributed by atoms with Gasteiger partial charge in [0, 0.05) is 0 Å². The molecule has 0 spiro atoms. The van der Waals surface area contributed by atoms with Crippen molar-refractivity contribution in [2.75, 3.05) is 6.54 Å². The number of hydrogen-bond donors (Lipinski definition) is 2. The van der Waals surface area contributed by atoms with E-state index in [9.17, 15) is 14.3 Å². The number of rotatable bonds is 2. The summed E-state index contributed by atoms with van der Waals surface area (Å²) in [6.07, 6.45) is 0. The Hall–Kier alpha value is -1.13. The molecule has 0 radical (unpaired) electrons. The van der Waals surface area contributed by atoms with Gasteiger partial charge >= 0.3 is 0 Å². The third-order valence-corrected chi connectivity index (χ3v) is 2.12. The van der Waals surface area contributed by atoms with Crippen molar-refractivity contribution in [2.45, 2.75) is 6.92 Å². The van der Waals surface area contributed by atoms with Crippen LogP contribution in [0.15, 0.2) is 6.07 Å². The highest BCUT2D eigenvalue weighted by Gasteiger charge is 2.20. The van der Waals surface area contributed by atoms with Crippen LogP contribution in [0.4, 0.5) is 4.39 Å². The number of benzene rings is 1. The first-order valence-electron chi connectivity index (χ1n) is 3.89. The fraction of sp³-hybridized carbons (Fsp3) is 0.222. The summed E-state index contributed by atoms with van der Waals surface area (Å²) >= 11 is 5.58. The zero-order valence-corrected chi connectivity index (χ0v) is 8.23. The molecule has 0 atom stereocenters. The van der Waals surface area contributed by atoms with E-state index in [0.717, 1.165) is 0 Å². The normalized spacial score (nSPS) is 10.3. The van der Waals surface area contributed by atoms with Gasteiger partial charge in [0.25, 0.3) is 0 Å². The number of carbonyl (C=O) groups is 1. The van der Waals surface area contributed by atoms with Gasteiger partial charge in [-0.05, 0) is 18.6 Å². The van der Waals surface area contributed by atoms with Crippen molar-refractivity contribution in [3.8, 4) is 5.75 Å². The van der Waals surface area contributed by atoms with Crippen LogP contribution in [0.1, 0.15) is 15.9 Å². The summed E-state index contributed by atoms with van der Waals surface area (Å²) in [7, 11) is 0. The first-order valence-corrected chi connectivity index (χ1v) is 4.27. The van der Waals surface area contributed by atoms with E-state index in [1.165, 1.54) is 13.0 Å². The molecule has 0 aliphatic carbocycles. The number of hydrogen-bond acceptors (Lipinski definition) is 3. The minimum Gasteiger partial charge on any atom is -0.506 e. The second-order valence-corrected chi connectivity index (χ2v) is 3.25. The molecule has 0 saturated carbocycles. The number of halogens is 2. The highest BCUT2D eigenvalue weighted by Crippen LogP contribution is 2.31. The molecule has 5 heteroatoms. The minimum atomic E-state index is -0.776. The maximum Gasteiger partial charge on any atom is 0.183 e. The van der Waals surface area contributed by atoms with E-state index < -0.39 is 22.9 Å². The molecule has 3 N–H and O–H groups in total. The van der Waals surface area contributed by atoms with Crippen molar-refractivity contribution in [3.63, 3.8) is 0 Å². The number of nitrogens with two attached hydrogens (primary N) is 1. The molecular weight excluding hydrogens is 209 g/mol. The van der Waals surface area contributed by atoms with Crippen LogP contribution in [0.25, 0.3) is 0 Å². The van der Waals surface area contributed by atoms with Crippen molar-refractivity contribution in [3.05, 3.63) is 28.0 Å². The number of aryl methyl sites for hydroxylation is 1. The standard InChI is InChI=1S/C9H9ClFNO2/c1-4-2-5(10)9(14)7(8(4)11)6(13)3-12/h2,14H,3,12H2,1H3. The van der Waals surface area contributed by atoms with Crippen LogP contribution in [-0.2, 0) is 0 Å². The van der Waals surface area contributed by atoms with Crippen LogP contribution < -0.4 is 5.73 Å². The van der Waals surface area contributed by atoms with Gasteiger partial charge in [0.1, 0.15) is 11.6 Å². The molecule has 3 nitrogen and oxygen atoms in total. The molecule has 1 rings (SSSR count). The number of ketones is 1. The summed E-state index contributed by atoms with van der Waals surface area (Å²) in [5.74, 6) is -2.00. The topological polar surface area (TPSA) is 63.3 Å². The van der Waals surface area contributed by atoms with Crippen LogP contribution in [0.5, 0.6) is 5.75 Å². The average molecular weight is 218 g/mol. The van der Waals surface area contributed by atoms with Crippen molar-refractivity contribution >= 4 is 17.4 Å². The van der Waals surface area contributed by atoms with Crippen molar-refractivity contribution in [2.24, 2.45) is 5.73 Å². The number of carbonyl (C=O) groups excluding carboxylic acids is 1. The Balaban J connectivity index is 3.47. The van der Waals surface area contributed by atoms with Crippen LogP contribution >= 0.6 is 11.6 Å². The number of phenolic OH excluding ortho intramolecular Hbond substituents is 1. The number of Topliss-reactive ketones (excluding diaryl/α,β-unsaturated/α-hetero) is 1. The lowest BCUT2D eigenvalue weighted by Gasteiger charge is -2.07. The van der Waals surface area contributed by atoms with Crippen molar-refractivity contribution in [1.82, 2.24) is 0 Å². The minimum absolute atomic E-state index is 0.0549. The van der Waals surface area contributed by atoms with Gasteiger partial charge in [0.15, 0.2) is 5.78 Å². The molecule has 0 heterocycles. The lowest BCUT2D eigenvalue weighted by Crippen LogP contribution is -2.16. The SMILES string of the molecule is Cc1cc(Cl)c(O)c(C(=O)CN)c1F. The predicted molar refractivity (Wildman–Crippen MR) is 51.2 cm³/mol. The van der Waals surface area contributed by atoms with Crippen LogP contribution in [0.2, 0.25) is 5.02 Å². The van der Waals surface area contributed by atoms with Gasteiger partial charge in [0.2, 0.25) is 0 Å². The first kappa shape index (κ1) is 10.9. The van der Waals surface area contributed by atoms with E-state index in [1.54, 1.807) is 0 Å². The van der Waals surface area contributed by atoms with E-state index >= 15 is 0 Å². The molecule has 0 unspecified atom stereocenters. The molecule has 0 amide bonds. The second kappa shape index (κ2) is 3.94. The van der Waals surface area contributed by atoms with Crippen LogP contribution in [-0.4, -0.2) is 17.4 Å². The summed E-state index contributed by atoms with van der Waals surface area (Å²) in [5, 5.41) is 9.30. The maximum absolute atomic E-state index is 13.4. The Morgan fingerprint density at radius 3 is 2.79 bits per heavy atom. The quantitative estimate of drug-likeness (QED) is 0.741. The Labute approximate surface area is 85.3 Å². The zero-order valence-electron chi connectivity index (χ0n) is 7.47. The van der Waals surface area contributed by atoms with E-state index in [2.05, 4.69) is 0 Å². The molecule has 1 aromatic carbocycles. The van der Waals surface area contributed by atoms with Gasteiger partial charge in [-0.2, -0.15) is 0 Å². The third kappa shape index (κ3) is 1.71. The smallest absolute Gasteiger partial charge is 0.183 e. The Bertz CT molecular complexity index is 367. The van der Waals surface area contributed by atoms with Crippen molar-refractivity contribution in [1.29, 1.82) is 0 Å². The number of phenols is 1. The molecule has 14 heavy (non-hydrogen) atoms. The largest absolute Gasteiger partial charge is 0.506 e. The number of aromatic hydroxyl groups is 1. The van der Waals surface area contributed by atoms with Gasteiger partial charge in [-0.1, -0.05) is 11.6 Å². The summed E-state index contributed by atoms with van der Waals surface area (Å²) in [5.41, 5.74) is 4.84. The maximum atomic E-state index is 13.4. The van der Waals surface area contributed by atoms with E-state index in [-0.39, 0.29) is 17.1 Å². The Morgan fingerprint density at radius 1 is 1.71 bits per heavy atom. The Kier molecular flexibility index (Phi) is 3.08. The van der Waals surface area contributed by atoms with Crippen LogP contribution in [0, 0.1) is 12.7 Å². The summed E-state index contributed by atoms with van der Waals surface area (Å²) in [4.78, 5) is 11.2. The fourth-order valence-corrected chi connectivity index (χ4v) is 1.36. The monoisotopic (exact) mass is 217 g/mol. The highest BCUT2D eigenvalue weighted by atomic mass is 35.5. The molecular formula is C9H9ClFNO2. The Morgan fingerprint density at radius 2 is 2.29 bits per heavy atom. The molecule has 76 valence electrons. The second-order valence-electron chi connectivity index (χ2n) is 2.84. The first-order chi connectivity index (χ1) is 6.49. The lowest BCUT2D eigenvalue weighted by atomic mass is 10.1. The van der Waals surface area contributed by atoms with Gasteiger partial charge in [-0.25, -0.2) is 4.39 Å². The molecule has 0 fully saturated rings. The average Bonchev–Trinajstić information content (AvgIpc) is 2.15. The third-order valence-electron chi connectivity index (χ3n) is 1.84. The predicted octanol–water partition coefficient (Wildman–Crippen LogP) is 1.63. The lowest BCUT2D eigenvalue weighted by molar-refractivity contribution is 0.0994. The fourth-order valence-electron chi connectivity index (χ4n) is 1.10. The van der Waals surface area contributed by atoms with Crippen molar-refractivity contribution < 1.29 is 14.3 Å². The van der Waals surface area contributed by atoms with E-state index in [4.69, 9.17) is 17.3 Å². The van der Waals surface area contributed by atoms with Gasteiger partial charge < -0.3 is 10.8 Å². The van der Waals surface area contributed by atoms with E-state index in [0.29, 0.717) is 0 Å². The zero-order chi connectivity index (χ0) is 10.9. The van der Waals surface area contributed by atoms with Gasteiger partial charge in [-0.3, -0.25) is 4.79 Å². The summed E-state index contributed by atoms with van der Waals surface area (Å²) in [6.45, 7) is 1.08. The molecule has 1 aromatic rings. The molecule has 0 bridgehead atoms. The van der Waals surface area contributed by atoms with E-state index in [1.807, 2.05) is 0 Å². The van der Waals surface area contributed by atoms with Crippen LogP contribution in [0.3, 0.4) is 0 Å². The highest BCUT2D eigenvalue weighted by molar-refractivity contribution is 6.32. The molecule has 0 aromatic heterocycles. The summed E-state index contributed by atoms with van der Waals surface area (Å²) < 4.78 is 13.4. The van der Waals surface area contributed by atoms with Gasteiger partial charge in [-0.15, -0.1) is 0 Å². The summed E-state index contributed by atoms with van der Waals surface area (Å²) in [6, 6.07) is 1.25. The molecule has 0 aliphatic rings. The molecule has 0 saturated heterocycles. The van der Waals surface area contributed by atoms with Gasteiger partial charge in [0.05, 0.1) is 17.1 Å². The molecule has 0 aliphatic heterocycles.